The number of aliphatic hydroxyl groups is 1. The van der Waals surface area contributed by atoms with Gasteiger partial charge in [-0.1, -0.05) is 48.5 Å². The lowest BCUT2D eigenvalue weighted by Crippen LogP contribution is -2.10. The summed E-state index contributed by atoms with van der Waals surface area (Å²) >= 11 is 0. The van der Waals surface area contributed by atoms with Crippen LogP contribution in [0.1, 0.15) is 34.8 Å². The number of aryl methyl sites for hydroxylation is 2. The summed E-state index contributed by atoms with van der Waals surface area (Å²) in [7, 11) is 0. The number of rotatable bonds is 0. The maximum absolute atomic E-state index is 10.5. The summed E-state index contributed by atoms with van der Waals surface area (Å²) in [5.74, 6) is 0. The van der Waals surface area contributed by atoms with Gasteiger partial charge >= 0.3 is 0 Å². The minimum atomic E-state index is -0.470. The van der Waals surface area contributed by atoms with Crippen LogP contribution in [0.25, 0.3) is 0 Å². The fourth-order valence-corrected chi connectivity index (χ4v) is 2.69. The van der Waals surface area contributed by atoms with Gasteiger partial charge in [-0.2, -0.15) is 0 Å². The normalized spacial score (nSPS) is 15.6. The summed E-state index contributed by atoms with van der Waals surface area (Å²) in [4.78, 5) is 0. The Kier molecular flexibility index (Phi) is 2.69. The first-order valence-corrected chi connectivity index (χ1v) is 6.20. The Labute approximate surface area is 102 Å². The first kappa shape index (κ1) is 10.5. The third-order valence-electron chi connectivity index (χ3n) is 3.59. The number of hydrogen-bond acceptors (Lipinski definition) is 1. The molecule has 0 heterocycles. The van der Waals surface area contributed by atoms with Gasteiger partial charge in [-0.3, -0.25) is 0 Å². The van der Waals surface area contributed by atoms with Gasteiger partial charge in [-0.05, 0) is 41.5 Å². The number of aliphatic hydroxyl groups excluding tert-OH is 1. The van der Waals surface area contributed by atoms with Crippen molar-refractivity contribution in [2.45, 2.75) is 25.4 Å². The minimum absolute atomic E-state index is 0.470. The number of hydrogen-bond donors (Lipinski definition) is 1. The molecule has 0 radical (unpaired) electrons. The van der Waals surface area contributed by atoms with Gasteiger partial charge in [0, 0.05) is 0 Å². The van der Waals surface area contributed by atoms with E-state index in [2.05, 4.69) is 24.3 Å². The monoisotopic (exact) mass is 224 g/mol. The standard InChI is InChI=1S/C16H16O/c17-16-14-10-3-1-6-12(14)8-5-9-13-7-2-4-11-15(13)16/h1-4,6-7,10-11,16-17H,5,8-9H2. The fraction of sp³-hybridized carbons (Fsp3) is 0.250. The molecule has 1 heteroatoms. The van der Waals surface area contributed by atoms with Crippen LogP contribution in [0.3, 0.4) is 0 Å². The largest absolute Gasteiger partial charge is 0.384 e. The Balaban J connectivity index is 2.15. The second kappa shape index (κ2) is 4.34. The third kappa shape index (κ3) is 1.87. The summed E-state index contributed by atoms with van der Waals surface area (Å²) in [5, 5.41) is 10.5. The Morgan fingerprint density at radius 1 is 0.765 bits per heavy atom. The molecule has 0 saturated heterocycles. The molecular formula is C16H16O. The van der Waals surface area contributed by atoms with Gasteiger partial charge < -0.3 is 5.11 Å². The van der Waals surface area contributed by atoms with Gasteiger partial charge in [0.1, 0.15) is 6.10 Å². The second-order valence-electron chi connectivity index (χ2n) is 4.65. The smallest absolute Gasteiger partial charge is 0.105 e. The molecule has 2 aromatic rings. The predicted octanol–water partition coefficient (Wildman–Crippen LogP) is 3.26. The molecule has 0 fully saturated rings. The van der Waals surface area contributed by atoms with E-state index in [0.29, 0.717) is 0 Å². The van der Waals surface area contributed by atoms with Crippen molar-refractivity contribution in [2.75, 3.05) is 0 Å². The Hall–Kier alpha value is -1.60. The Morgan fingerprint density at radius 3 is 1.76 bits per heavy atom. The van der Waals surface area contributed by atoms with E-state index in [0.717, 1.165) is 30.4 Å². The van der Waals surface area contributed by atoms with Gasteiger partial charge in [-0.15, -0.1) is 0 Å². The van der Waals surface area contributed by atoms with E-state index in [9.17, 15) is 5.11 Å². The zero-order valence-electron chi connectivity index (χ0n) is 9.76. The highest BCUT2D eigenvalue weighted by Crippen LogP contribution is 2.31. The van der Waals surface area contributed by atoms with Crippen molar-refractivity contribution in [3.05, 3.63) is 70.8 Å². The van der Waals surface area contributed by atoms with Crippen LogP contribution in [0.5, 0.6) is 0 Å². The van der Waals surface area contributed by atoms with Gasteiger partial charge in [-0.25, -0.2) is 0 Å². The average molecular weight is 224 g/mol. The number of benzene rings is 2. The van der Waals surface area contributed by atoms with E-state index in [1.165, 1.54) is 11.1 Å². The van der Waals surface area contributed by atoms with E-state index in [-0.39, 0.29) is 0 Å². The molecule has 0 atom stereocenters. The highest BCUT2D eigenvalue weighted by molar-refractivity contribution is 5.41. The van der Waals surface area contributed by atoms with Crippen LogP contribution in [-0.2, 0) is 12.8 Å². The second-order valence-corrected chi connectivity index (χ2v) is 4.65. The van der Waals surface area contributed by atoms with Crippen molar-refractivity contribution in [1.82, 2.24) is 0 Å². The Bertz CT molecular complexity index is 483. The summed E-state index contributed by atoms with van der Waals surface area (Å²) < 4.78 is 0. The van der Waals surface area contributed by atoms with Gasteiger partial charge in [0.2, 0.25) is 0 Å². The van der Waals surface area contributed by atoms with Gasteiger partial charge in [0.15, 0.2) is 0 Å². The van der Waals surface area contributed by atoms with E-state index in [1.54, 1.807) is 0 Å². The van der Waals surface area contributed by atoms with Crippen LogP contribution in [-0.4, -0.2) is 5.11 Å². The lowest BCUT2D eigenvalue weighted by Gasteiger charge is -2.21. The van der Waals surface area contributed by atoms with Crippen LogP contribution in [0.4, 0.5) is 0 Å². The molecule has 86 valence electrons. The molecule has 1 aliphatic carbocycles. The van der Waals surface area contributed by atoms with Crippen LogP contribution in [0, 0.1) is 0 Å². The minimum Gasteiger partial charge on any atom is -0.384 e. The summed E-state index contributed by atoms with van der Waals surface area (Å²) in [5.41, 5.74) is 4.71. The third-order valence-corrected chi connectivity index (χ3v) is 3.59. The lowest BCUT2D eigenvalue weighted by atomic mass is 9.87. The molecule has 0 aliphatic heterocycles. The lowest BCUT2D eigenvalue weighted by molar-refractivity contribution is 0.217. The first-order valence-electron chi connectivity index (χ1n) is 6.20. The molecule has 0 spiro atoms. The summed E-state index contributed by atoms with van der Waals surface area (Å²) in [6.07, 6.45) is 2.80. The molecule has 17 heavy (non-hydrogen) atoms. The fourth-order valence-electron chi connectivity index (χ4n) is 2.69. The molecule has 2 aromatic carbocycles. The molecule has 0 aromatic heterocycles. The van der Waals surface area contributed by atoms with Crippen molar-refractivity contribution < 1.29 is 5.11 Å². The predicted molar refractivity (Wildman–Crippen MR) is 69.0 cm³/mol. The highest BCUT2D eigenvalue weighted by Gasteiger charge is 2.19. The van der Waals surface area contributed by atoms with Crippen LogP contribution in [0.15, 0.2) is 48.5 Å². The molecule has 0 amide bonds. The molecule has 0 unspecified atom stereocenters. The van der Waals surface area contributed by atoms with Crippen LogP contribution in [0.2, 0.25) is 0 Å². The summed E-state index contributed by atoms with van der Waals surface area (Å²) in [6, 6.07) is 16.5. The maximum Gasteiger partial charge on any atom is 0.105 e. The molecule has 0 saturated carbocycles. The molecule has 1 aliphatic rings. The zero-order chi connectivity index (χ0) is 11.7. The molecule has 1 N–H and O–H groups in total. The maximum atomic E-state index is 10.5. The van der Waals surface area contributed by atoms with Crippen molar-refractivity contribution in [2.24, 2.45) is 0 Å². The van der Waals surface area contributed by atoms with Gasteiger partial charge in [0.05, 0.1) is 0 Å². The molecular weight excluding hydrogens is 208 g/mol. The SMILES string of the molecule is OC1c2ccccc2CCCc2ccccc21. The van der Waals surface area contributed by atoms with E-state index in [4.69, 9.17) is 0 Å². The van der Waals surface area contributed by atoms with Gasteiger partial charge in [0.25, 0.3) is 0 Å². The summed E-state index contributed by atoms with van der Waals surface area (Å²) in [6.45, 7) is 0. The van der Waals surface area contributed by atoms with E-state index in [1.807, 2.05) is 24.3 Å². The van der Waals surface area contributed by atoms with E-state index >= 15 is 0 Å². The topological polar surface area (TPSA) is 20.2 Å². The average Bonchev–Trinajstić information content (AvgIpc) is 2.37. The van der Waals surface area contributed by atoms with Crippen molar-refractivity contribution >= 4 is 0 Å². The molecule has 0 bridgehead atoms. The highest BCUT2D eigenvalue weighted by atomic mass is 16.3. The molecule has 3 rings (SSSR count). The number of fused-ring (bicyclic) bond motifs is 2. The van der Waals surface area contributed by atoms with E-state index < -0.39 is 6.10 Å². The van der Waals surface area contributed by atoms with Crippen molar-refractivity contribution in [3.8, 4) is 0 Å². The van der Waals surface area contributed by atoms with Crippen molar-refractivity contribution in [1.29, 1.82) is 0 Å². The van der Waals surface area contributed by atoms with Crippen molar-refractivity contribution in [3.63, 3.8) is 0 Å². The molecule has 1 nitrogen and oxygen atoms in total. The quantitative estimate of drug-likeness (QED) is 0.728. The first-order chi connectivity index (χ1) is 8.36. The van der Waals surface area contributed by atoms with Crippen LogP contribution < -0.4 is 0 Å². The zero-order valence-corrected chi connectivity index (χ0v) is 9.76. The van der Waals surface area contributed by atoms with Crippen LogP contribution >= 0.6 is 0 Å². The Morgan fingerprint density at radius 2 is 1.24 bits per heavy atom.